The summed E-state index contributed by atoms with van der Waals surface area (Å²) in [6, 6.07) is 4.08. The normalized spacial score (nSPS) is 10.5. The summed E-state index contributed by atoms with van der Waals surface area (Å²) in [5.41, 5.74) is 0.536. The number of halogens is 2. The number of ketones is 1. The van der Waals surface area contributed by atoms with Gasteiger partial charge in [0.05, 0.1) is 7.11 Å². The van der Waals surface area contributed by atoms with Gasteiger partial charge in [-0.1, -0.05) is 12.1 Å². The Bertz CT molecular complexity index is 362. The largest absolute Gasteiger partial charge is 0.496 e. The molecule has 0 fully saturated rings. The molecule has 0 bridgehead atoms. The van der Waals surface area contributed by atoms with Gasteiger partial charge in [0.25, 0.3) is 6.43 Å². The van der Waals surface area contributed by atoms with E-state index in [1.54, 1.807) is 0 Å². The molecule has 0 aromatic heterocycles. The van der Waals surface area contributed by atoms with Crippen molar-refractivity contribution >= 4 is 5.78 Å². The molecule has 1 aromatic carbocycles. The van der Waals surface area contributed by atoms with Gasteiger partial charge in [0.1, 0.15) is 11.5 Å². The quantitative estimate of drug-likeness (QED) is 0.770. The number of hydrogen-bond donors (Lipinski definition) is 0. The summed E-state index contributed by atoms with van der Waals surface area (Å²) in [7, 11) is 1.40. The molecule has 1 aromatic rings. The van der Waals surface area contributed by atoms with Gasteiger partial charge in [0, 0.05) is 17.5 Å². The van der Waals surface area contributed by atoms with Crippen LogP contribution in [0, 0.1) is 0 Å². The number of rotatable bonds is 4. The number of ether oxygens (including phenoxy) is 1. The van der Waals surface area contributed by atoms with E-state index in [4.69, 9.17) is 4.74 Å². The van der Waals surface area contributed by atoms with Crippen molar-refractivity contribution in [3.8, 4) is 5.75 Å². The lowest BCUT2D eigenvalue weighted by atomic mass is 10.1. The molecule has 0 aliphatic rings. The monoisotopic (exact) mass is 214 g/mol. The molecular weight excluding hydrogens is 202 g/mol. The smallest absolute Gasteiger partial charge is 0.263 e. The van der Waals surface area contributed by atoms with Crippen molar-refractivity contribution < 1.29 is 18.3 Å². The third kappa shape index (κ3) is 3.01. The van der Waals surface area contributed by atoms with Gasteiger partial charge in [-0.3, -0.25) is 4.79 Å². The Kier molecular flexibility index (Phi) is 3.77. The van der Waals surface area contributed by atoms with Crippen LogP contribution >= 0.6 is 0 Å². The van der Waals surface area contributed by atoms with E-state index in [1.807, 2.05) is 0 Å². The summed E-state index contributed by atoms with van der Waals surface area (Å²) < 4.78 is 29.7. The van der Waals surface area contributed by atoms with Crippen LogP contribution in [-0.4, -0.2) is 12.9 Å². The molecule has 4 heteroatoms. The van der Waals surface area contributed by atoms with Crippen LogP contribution in [0.15, 0.2) is 18.2 Å². The first-order chi connectivity index (χ1) is 7.04. The molecule has 82 valence electrons. The van der Waals surface area contributed by atoms with Gasteiger partial charge < -0.3 is 4.74 Å². The molecule has 15 heavy (non-hydrogen) atoms. The molecule has 0 radical (unpaired) electrons. The van der Waals surface area contributed by atoms with Gasteiger partial charge in [-0.15, -0.1) is 0 Å². The van der Waals surface area contributed by atoms with E-state index in [1.165, 1.54) is 32.2 Å². The van der Waals surface area contributed by atoms with Gasteiger partial charge >= 0.3 is 0 Å². The van der Waals surface area contributed by atoms with Crippen LogP contribution in [0.1, 0.15) is 24.5 Å². The number of methoxy groups -OCH3 is 1. The standard InChI is InChI=1S/C11H12F2O2/c1-7(14)5-8-3-4-9(11(12)13)6-10(8)15-2/h3-4,6,11H,5H2,1-2H3. The molecular formula is C11H12F2O2. The van der Waals surface area contributed by atoms with Crippen LogP contribution in [0.4, 0.5) is 8.78 Å². The highest BCUT2D eigenvalue weighted by Gasteiger charge is 2.11. The highest BCUT2D eigenvalue weighted by Crippen LogP contribution is 2.26. The Morgan fingerprint density at radius 3 is 2.60 bits per heavy atom. The Hall–Kier alpha value is -1.45. The van der Waals surface area contributed by atoms with Gasteiger partial charge in [-0.05, 0) is 13.0 Å². The second kappa shape index (κ2) is 4.87. The van der Waals surface area contributed by atoms with Gasteiger partial charge in [0.2, 0.25) is 0 Å². The molecule has 0 spiro atoms. The number of carbonyl (C=O) groups excluding carboxylic acids is 1. The third-order valence-electron chi connectivity index (χ3n) is 2.00. The summed E-state index contributed by atoms with van der Waals surface area (Å²) in [5.74, 6) is 0.307. The molecule has 0 aliphatic heterocycles. The average molecular weight is 214 g/mol. The van der Waals surface area contributed by atoms with Crippen LogP contribution in [0.5, 0.6) is 5.75 Å². The van der Waals surface area contributed by atoms with Crippen LogP contribution in [-0.2, 0) is 11.2 Å². The van der Waals surface area contributed by atoms with E-state index in [9.17, 15) is 13.6 Å². The molecule has 0 saturated carbocycles. The fourth-order valence-corrected chi connectivity index (χ4v) is 1.31. The first kappa shape index (κ1) is 11.6. The molecule has 0 aliphatic carbocycles. The maximum absolute atomic E-state index is 12.4. The number of alkyl halides is 2. The van der Waals surface area contributed by atoms with Gasteiger partial charge in [-0.2, -0.15) is 0 Å². The van der Waals surface area contributed by atoms with Crippen molar-refractivity contribution in [3.05, 3.63) is 29.3 Å². The lowest BCUT2D eigenvalue weighted by Gasteiger charge is -2.09. The summed E-state index contributed by atoms with van der Waals surface area (Å²) in [6.07, 6.45) is -2.32. The summed E-state index contributed by atoms with van der Waals surface area (Å²) in [5, 5.41) is 0. The van der Waals surface area contributed by atoms with E-state index in [0.29, 0.717) is 11.3 Å². The fourth-order valence-electron chi connectivity index (χ4n) is 1.31. The van der Waals surface area contributed by atoms with Crippen LogP contribution in [0.3, 0.4) is 0 Å². The first-order valence-electron chi connectivity index (χ1n) is 4.49. The molecule has 0 saturated heterocycles. The van der Waals surface area contributed by atoms with E-state index in [0.717, 1.165) is 0 Å². The molecule has 0 heterocycles. The number of benzene rings is 1. The topological polar surface area (TPSA) is 26.3 Å². The Balaban J connectivity index is 3.03. The molecule has 0 N–H and O–H groups in total. The zero-order valence-corrected chi connectivity index (χ0v) is 8.59. The second-order valence-corrected chi connectivity index (χ2v) is 3.25. The van der Waals surface area contributed by atoms with E-state index >= 15 is 0 Å². The van der Waals surface area contributed by atoms with E-state index in [-0.39, 0.29) is 17.8 Å². The van der Waals surface area contributed by atoms with Crippen LogP contribution < -0.4 is 4.74 Å². The Morgan fingerprint density at radius 1 is 1.47 bits per heavy atom. The number of Topliss-reactive ketones (excluding diaryl/α,β-unsaturated/α-hetero) is 1. The SMILES string of the molecule is COc1cc(C(F)F)ccc1CC(C)=O. The molecule has 0 unspecified atom stereocenters. The zero-order valence-electron chi connectivity index (χ0n) is 8.59. The molecule has 1 rings (SSSR count). The van der Waals surface area contributed by atoms with Crippen LogP contribution in [0.2, 0.25) is 0 Å². The summed E-state index contributed by atoms with van der Waals surface area (Å²) in [6.45, 7) is 1.44. The van der Waals surface area contributed by atoms with E-state index < -0.39 is 6.43 Å². The van der Waals surface area contributed by atoms with Crippen molar-refractivity contribution in [1.82, 2.24) is 0 Å². The minimum absolute atomic E-state index is 0.0295. The highest BCUT2D eigenvalue weighted by atomic mass is 19.3. The van der Waals surface area contributed by atoms with Crippen molar-refractivity contribution in [1.29, 1.82) is 0 Å². The highest BCUT2D eigenvalue weighted by molar-refractivity contribution is 5.79. The number of hydrogen-bond acceptors (Lipinski definition) is 2. The predicted molar refractivity (Wildman–Crippen MR) is 52.3 cm³/mol. The summed E-state index contributed by atoms with van der Waals surface area (Å²) >= 11 is 0. The maximum atomic E-state index is 12.4. The zero-order chi connectivity index (χ0) is 11.4. The van der Waals surface area contributed by atoms with Crippen molar-refractivity contribution in [2.75, 3.05) is 7.11 Å². The van der Waals surface area contributed by atoms with E-state index in [2.05, 4.69) is 0 Å². The van der Waals surface area contributed by atoms with Gasteiger partial charge in [-0.25, -0.2) is 8.78 Å². The maximum Gasteiger partial charge on any atom is 0.263 e. The Morgan fingerprint density at radius 2 is 2.13 bits per heavy atom. The first-order valence-corrected chi connectivity index (χ1v) is 4.49. The lowest BCUT2D eigenvalue weighted by Crippen LogP contribution is -2.00. The minimum atomic E-state index is -2.52. The van der Waals surface area contributed by atoms with Crippen LogP contribution in [0.25, 0.3) is 0 Å². The number of carbonyl (C=O) groups is 1. The lowest BCUT2D eigenvalue weighted by molar-refractivity contribution is -0.116. The van der Waals surface area contributed by atoms with Gasteiger partial charge in [0.15, 0.2) is 0 Å². The summed E-state index contributed by atoms with van der Waals surface area (Å²) in [4.78, 5) is 10.9. The molecule has 0 atom stereocenters. The van der Waals surface area contributed by atoms with Crippen molar-refractivity contribution in [2.24, 2.45) is 0 Å². The Labute approximate surface area is 86.9 Å². The van der Waals surface area contributed by atoms with Crippen molar-refractivity contribution in [3.63, 3.8) is 0 Å². The molecule has 2 nitrogen and oxygen atoms in total. The molecule has 0 amide bonds. The predicted octanol–water partition coefficient (Wildman–Crippen LogP) is 2.76. The minimum Gasteiger partial charge on any atom is -0.496 e. The second-order valence-electron chi connectivity index (χ2n) is 3.25. The third-order valence-corrected chi connectivity index (χ3v) is 2.00. The fraction of sp³-hybridized carbons (Fsp3) is 0.364. The van der Waals surface area contributed by atoms with Crippen molar-refractivity contribution in [2.45, 2.75) is 19.8 Å². The average Bonchev–Trinajstić information content (AvgIpc) is 2.17.